The minimum atomic E-state index is 1.08. The standard InChI is InChI=1S/C21H31N3O/c1-22-14-16-23(17-15-22)12-6-7-13-24-18-8-2-4-10-20(18)25-21-11-5-3-9-19(21)24/h8-11H,2-7,12-17H2,1H3. The van der Waals surface area contributed by atoms with Crippen molar-refractivity contribution in [3.63, 3.8) is 0 Å². The fourth-order valence-electron chi connectivity index (χ4n) is 4.12. The highest BCUT2D eigenvalue weighted by atomic mass is 16.5. The van der Waals surface area contributed by atoms with Crippen molar-refractivity contribution in [3.05, 3.63) is 47.2 Å². The highest BCUT2D eigenvalue weighted by Crippen LogP contribution is 2.39. The Hall–Kier alpha value is -1.52. The number of likely N-dealkylation sites (N-methyl/N-ethyl adjacent to an activating group) is 1. The fraction of sp³-hybridized carbons (Fsp3) is 0.619. The zero-order valence-corrected chi connectivity index (χ0v) is 15.5. The molecule has 0 aromatic rings. The fourth-order valence-corrected chi connectivity index (χ4v) is 4.12. The zero-order valence-electron chi connectivity index (χ0n) is 15.5. The normalized spacial score (nSPS) is 24.4. The van der Waals surface area contributed by atoms with Crippen LogP contribution in [0.3, 0.4) is 0 Å². The maximum absolute atomic E-state index is 6.17. The molecule has 4 aliphatic rings. The van der Waals surface area contributed by atoms with Crippen LogP contribution >= 0.6 is 0 Å². The molecule has 0 amide bonds. The summed E-state index contributed by atoms with van der Waals surface area (Å²) in [4.78, 5) is 7.57. The molecule has 0 atom stereocenters. The van der Waals surface area contributed by atoms with E-state index in [1.807, 2.05) is 0 Å². The Kier molecular flexibility index (Phi) is 5.28. The molecule has 4 rings (SSSR count). The quantitative estimate of drug-likeness (QED) is 0.713. The third kappa shape index (κ3) is 3.85. The molecule has 2 saturated heterocycles. The van der Waals surface area contributed by atoms with E-state index in [4.69, 9.17) is 4.74 Å². The van der Waals surface area contributed by atoms with Crippen LogP contribution in [0.4, 0.5) is 0 Å². The van der Waals surface area contributed by atoms with Crippen molar-refractivity contribution < 1.29 is 4.74 Å². The smallest absolute Gasteiger partial charge is 0.146 e. The molecule has 0 bridgehead atoms. The van der Waals surface area contributed by atoms with Crippen LogP contribution in [0.25, 0.3) is 0 Å². The molecule has 2 fully saturated rings. The second kappa shape index (κ2) is 7.79. The van der Waals surface area contributed by atoms with E-state index in [0.29, 0.717) is 0 Å². The zero-order chi connectivity index (χ0) is 17.1. The molecule has 0 unspecified atom stereocenters. The summed E-state index contributed by atoms with van der Waals surface area (Å²) in [5.41, 5.74) is 2.60. The van der Waals surface area contributed by atoms with Crippen molar-refractivity contribution in [3.8, 4) is 0 Å². The first-order valence-electron chi connectivity index (χ1n) is 9.99. The molecule has 0 aromatic carbocycles. The van der Waals surface area contributed by atoms with Crippen LogP contribution in [0, 0.1) is 0 Å². The molecular formula is C21H31N3O. The van der Waals surface area contributed by atoms with Crippen molar-refractivity contribution in [2.75, 3.05) is 46.3 Å². The van der Waals surface area contributed by atoms with Gasteiger partial charge in [0.2, 0.25) is 0 Å². The number of morpholine rings is 1. The molecule has 136 valence electrons. The molecule has 0 N–H and O–H groups in total. The first-order valence-corrected chi connectivity index (χ1v) is 9.99. The average Bonchev–Trinajstić information content (AvgIpc) is 2.66. The summed E-state index contributed by atoms with van der Waals surface area (Å²) >= 11 is 0. The van der Waals surface area contributed by atoms with E-state index in [2.05, 4.69) is 46.1 Å². The molecule has 0 radical (unpaired) electrons. The minimum absolute atomic E-state index is 1.08. The number of unbranched alkanes of at least 4 members (excludes halogenated alkanes) is 1. The van der Waals surface area contributed by atoms with Gasteiger partial charge in [0.25, 0.3) is 0 Å². The van der Waals surface area contributed by atoms with E-state index in [-0.39, 0.29) is 0 Å². The lowest BCUT2D eigenvalue weighted by atomic mass is 10.0. The summed E-state index contributed by atoms with van der Waals surface area (Å²) in [6, 6.07) is 0. The second-order valence-electron chi connectivity index (χ2n) is 7.58. The predicted molar refractivity (Wildman–Crippen MR) is 102 cm³/mol. The lowest BCUT2D eigenvalue weighted by Crippen LogP contribution is -2.44. The van der Waals surface area contributed by atoms with Gasteiger partial charge in [-0.05, 0) is 64.3 Å². The summed E-state index contributed by atoms with van der Waals surface area (Å²) < 4.78 is 6.17. The summed E-state index contributed by atoms with van der Waals surface area (Å²) in [6.45, 7) is 7.22. The second-order valence-corrected chi connectivity index (χ2v) is 7.58. The van der Waals surface area contributed by atoms with Crippen molar-refractivity contribution in [1.82, 2.24) is 14.7 Å². The summed E-state index contributed by atoms with van der Waals surface area (Å²) in [6.07, 6.45) is 16.2. The van der Waals surface area contributed by atoms with E-state index in [1.54, 1.807) is 0 Å². The first-order chi connectivity index (χ1) is 12.3. The van der Waals surface area contributed by atoms with Crippen molar-refractivity contribution in [2.24, 2.45) is 0 Å². The average molecular weight is 341 g/mol. The van der Waals surface area contributed by atoms with Gasteiger partial charge in [-0.1, -0.05) is 12.2 Å². The van der Waals surface area contributed by atoms with E-state index in [0.717, 1.165) is 43.7 Å². The van der Waals surface area contributed by atoms with Gasteiger partial charge >= 0.3 is 0 Å². The maximum atomic E-state index is 6.17. The van der Waals surface area contributed by atoms with E-state index in [1.165, 1.54) is 57.0 Å². The Balaban J connectivity index is 1.34. The highest BCUT2D eigenvalue weighted by molar-refractivity contribution is 5.43. The summed E-state index contributed by atoms with van der Waals surface area (Å²) in [5, 5.41) is 0. The largest absolute Gasteiger partial charge is 0.454 e. The maximum Gasteiger partial charge on any atom is 0.146 e. The van der Waals surface area contributed by atoms with E-state index < -0.39 is 0 Å². The topological polar surface area (TPSA) is 19.0 Å². The summed E-state index contributed by atoms with van der Waals surface area (Å²) in [5.74, 6) is 2.16. The molecule has 4 heteroatoms. The Morgan fingerprint density at radius 3 is 1.96 bits per heavy atom. The van der Waals surface area contributed by atoms with Gasteiger partial charge < -0.3 is 19.4 Å². The Morgan fingerprint density at radius 2 is 1.32 bits per heavy atom. The van der Waals surface area contributed by atoms with Gasteiger partial charge in [0.1, 0.15) is 11.5 Å². The Morgan fingerprint density at radius 1 is 0.760 bits per heavy atom. The molecule has 2 heterocycles. The van der Waals surface area contributed by atoms with Gasteiger partial charge in [-0.3, -0.25) is 0 Å². The minimum Gasteiger partial charge on any atom is -0.454 e. The molecule has 2 aliphatic heterocycles. The molecule has 0 spiro atoms. The van der Waals surface area contributed by atoms with Gasteiger partial charge in [-0.15, -0.1) is 0 Å². The van der Waals surface area contributed by atoms with Crippen LogP contribution in [0.2, 0.25) is 0 Å². The van der Waals surface area contributed by atoms with Crippen LogP contribution in [-0.2, 0) is 4.74 Å². The van der Waals surface area contributed by atoms with Gasteiger partial charge in [0, 0.05) is 32.7 Å². The van der Waals surface area contributed by atoms with Gasteiger partial charge in [-0.25, -0.2) is 0 Å². The lowest BCUT2D eigenvalue weighted by Gasteiger charge is -2.39. The third-order valence-corrected chi connectivity index (χ3v) is 5.68. The van der Waals surface area contributed by atoms with Crippen molar-refractivity contribution >= 4 is 0 Å². The summed E-state index contributed by atoms with van der Waals surface area (Å²) in [7, 11) is 2.22. The van der Waals surface area contributed by atoms with Crippen LogP contribution in [0.5, 0.6) is 0 Å². The van der Waals surface area contributed by atoms with Crippen molar-refractivity contribution in [1.29, 1.82) is 0 Å². The van der Waals surface area contributed by atoms with E-state index >= 15 is 0 Å². The van der Waals surface area contributed by atoms with Gasteiger partial charge in [0.05, 0.1) is 11.4 Å². The number of ether oxygens (including phenoxy) is 1. The number of rotatable bonds is 5. The van der Waals surface area contributed by atoms with Crippen molar-refractivity contribution in [2.45, 2.75) is 38.5 Å². The third-order valence-electron chi connectivity index (χ3n) is 5.68. The van der Waals surface area contributed by atoms with Crippen LogP contribution < -0.4 is 0 Å². The number of hydrogen-bond acceptors (Lipinski definition) is 4. The molecule has 0 aromatic heterocycles. The lowest BCUT2D eigenvalue weighted by molar-refractivity contribution is 0.150. The van der Waals surface area contributed by atoms with Crippen LogP contribution in [-0.4, -0.2) is 61.0 Å². The number of allylic oxidation sites excluding steroid dienone is 4. The molecule has 0 saturated carbocycles. The molecule has 4 nitrogen and oxygen atoms in total. The number of hydrogen-bond donors (Lipinski definition) is 0. The first kappa shape index (κ1) is 16.9. The highest BCUT2D eigenvalue weighted by Gasteiger charge is 2.30. The molecular weight excluding hydrogens is 310 g/mol. The Labute approximate surface area is 152 Å². The Bertz CT molecular complexity index is 571. The van der Waals surface area contributed by atoms with Gasteiger partial charge in [-0.2, -0.15) is 0 Å². The molecule has 25 heavy (non-hydrogen) atoms. The van der Waals surface area contributed by atoms with Crippen LogP contribution in [0.1, 0.15) is 38.5 Å². The van der Waals surface area contributed by atoms with Gasteiger partial charge in [0.15, 0.2) is 0 Å². The number of nitrogens with zero attached hydrogens (tertiary/aromatic N) is 3. The molecule has 2 aliphatic carbocycles. The van der Waals surface area contributed by atoms with E-state index in [9.17, 15) is 0 Å². The monoisotopic (exact) mass is 341 g/mol. The number of fused-ring (bicyclic) bond motifs is 2. The SMILES string of the molecule is CN1CCN(CCCCN2C3=CCCC=C3OC3=CCCC=C32)CC1. The predicted octanol–water partition coefficient (Wildman–Crippen LogP) is 3.47. The van der Waals surface area contributed by atoms with Crippen LogP contribution in [0.15, 0.2) is 47.2 Å². The number of piperazine rings is 1.